The fourth-order valence-electron chi connectivity index (χ4n) is 6.61. The normalized spacial score (nSPS) is 16.2. The van der Waals surface area contributed by atoms with Gasteiger partial charge in [-0.15, -0.1) is 11.8 Å². The van der Waals surface area contributed by atoms with Crippen LogP contribution in [0.15, 0.2) is 120 Å². The van der Waals surface area contributed by atoms with E-state index in [1.54, 1.807) is 6.92 Å². The number of alkyl carbamates (subject to hydrolysis) is 1. The molecule has 2 unspecified atom stereocenters. The van der Waals surface area contributed by atoms with E-state index in [-0.39, 0.29) is 28.7 Å². The third-order valence-electron chi connectivity index (χ3n) is 10.7. The number of thiazole rings is 1. The molecule has 16 nitrogen and oxygen atoms in total. The molecule has 0 aliphatic carbocycles. The summed E-state index contributed by atoms with van der Waals surface area (Å²) in [6.45, 7) is 12.5. The van der Waals surface area contributed by atoms with Crippen molar-refractivity contribution in [1.82, 2.24) is 20.9 Å². The molecule has 1 saturated heterocycles. The smallest absolute Gasteiger partial charge is 0.408 e. The summed E-state index contributed by atoms with van der Waals surface area (Å²) < 4.78 is 11.1. The van der Waals surface area contributed by atoms with Crippen molar-refractivity contribution in [3.63, 3.8) is 0 Å². The van der Waals surface area contributed by atoms with E-state index in [1.807, 2.05) is 97.9 Å². The van der Waals surface area contributed by atoms with Crippen LogP contribution in [0.4, 0.5) is 15.5 Å². The molecule has 2 heterocycles. The number of hydrogen-bond acceptors (Lipinski definition) is 14. The predicted molar refractivity (Wildman–Crippen MR) is 253 cm³/mol. The van der Waals surface area contributed by atoms with Crippen LogP contribution in [0.3, 0.4) is 0 Å². The van der Waals surface area contributed by atoms with Crippen molar-refractivity contribution in [2.75, 3.05) is 5.73 Å². The molecule has 4 aromatic carbocycles. The topological polar surface area (TPSA) is 226 Å². The maximum Gasteiger partial charge on any atom is 0.408 e. The van der Waals surface area contributed by atoms with Crippen LogP contribution in [-0.2, 0) is 40.7 Å². The number of nitrogens with two attached hydrogens (primary N) is 1. The molecule has 0 saturated carbocycles. The lowest BCUT2D eigenvalue weighted by molar-refractivity contribution is -0.384. The Morgan fingerprint density at radius 1 is 0.923 bits per heavy atom. The third-order valence-corrected chi connectivity index (χ3v) is 15.5. The van der Waals surface area contributed by atoms with Gasteiger partial charge in [0.1, 0.15) is 33.7 Å². The number of non-ortho nitro benzene ring substituents is 1. The summed E-state index contributed by atoms with van der Waals surface area (Å²) >= 11 is 2.30. The molecule has 0 bridgehead atoms. The molecule has 4 atom stereocenters. The Balaban J connectivity index is 1.31. The van der Waals surface area contributed by atoms with Crippen LogP contribution in [0, 0.1) is 10.1 Å². The maximum atomic E-state index is 14.6. The Labute approximate surface area is 385 Å². The molecule has 1 aromatic heterocycles. The predicted octanol–water partition coefficient (Wildman–Crippen LogP) is 7.27. The van der Waals surface area contributed by atoms with Gasteiger partial charge in [0.25, 0.3) is 11.6 Å². The number of amides is 3. The number of esters is 1. The first-order valence-corrected chi connectivity index (χ1v) is 26.0. The lowest BCUT2D eigenvalue weighted by atomic mass is 9.70. The van der Waals surface area contributed by atoms with Crippen molar-refractivity contribution in [3.05, 3.63) is 158 Å². The number of aromatic nitrogens is 1. The van der Waals surface area contributed by atoms with Crippen molar-refractivity contribution in [2.45, 2.75) is 87.5 Å². The molecule has 1 fully saturated rings. The second-order valence-corrected chi connectivity index (χ2v) is 24.9. The van der Waals surface area contributed by atoms with Crippen molar-refractivity contribution in [3.8, 4) is 0 Å². The second-order valence-electron chi connectivity index (χ2n) is 16.8. The van der Waals surface area contributed by atoms with Gasteiger partial charge in [0.2, 0.25) is 11.5 Å². The number of carbonyl (C=O) groups excluding carboxylic acids is 4. The maximum absolute atomic E-state index is 14.6. The standard InChI is InChI=1S/C46H51N7O9S2Si/c1-28(48-44(57)60-27-30-23-25-34(26-24-30)53(58)59)63-41-37(40(55)51-41)49-39(54)36(52-62-45(3,4)43(56)61-29(2)65(5,6)7)35-38(47)64-42(50-35)46(31-17-11-8-12-18-31,32-19-13-9-14-20-32)33-21-15-10-16-22-33/h8-26,28-29,37,41H,27,47H2,1-7H3,(H,48,57)(H,49,54)(H,51,55)/t28?,29?,37-,41-/m1/s1. The number of thioether (sulfide) groups is 1. The van der Waals surface area contributed by atoms with Crippen LogP contribution in [0.5, 0.6) is 0 Å². The van der Waals surface area contributed by atoms with Crippen LogP contribution in [-0.4, -0.2) is 75.7 Å². The Morgan fingerprint density at radius 2 is 1.46 bits per heavy atom. The van der Waals surface area contributed by atoms with Gasteiger partial charge < -0.3 is 36.0 Å². The number of β-lactam (4-membered cyclic amide) rings is 1. The minimum Gasteiger partial charge on any atom is -0.464 e. The molecule has 3 amide bonds. The van der Waals surface area contributed by atoms with E-state index in [1.165, 1.54) is 38.1 Å². The fourth-order valence-corrected chi connectivity index (χ4v) is 9.30. The second kappa shape index (κ2) is 20.1. The largest absolute Gasteiger partial charge is 0.464 e. The van der Waals surface area contributed by atoms with E-state index in [0.29, 0.717) is 10.6 Å². The lowest BCUT2D eigenvalue weighted by Crippen LogP contribution is -2.69. The molecule has 0 radical (unpaired) electrons. The quantitative estimate of drug-likeness (QED) is 0.00995. The van der Waals surface area contributed by atoms with Gasteiger partial charge in [0.05, 0.1) is 29.5 Å². The van der Waals surface area contributed by atoms with E-state index in [4.69, 9.17) is 25.0 Å². The van der Waals surface area contributed by atoms with Crippen LogP contribution in [0.2, 0.25) is 19.6 Å². The highest BCUT2D eigenvalue weighted by molar-refractivity contribution is 8.00. The molecule has 1 aliphatic heterocycles. The Bertz CT molecular complexity index is 2440. The number of nitrogen functional groups attached to an aromatic ring is 1. The van der Waals surface area contributed by atoms with Crippen LogP contribution >= 0.6 is 23.1 Å². The molecular formula is C46H51N7O9S2Si. The Kier molecular flexibility index (Phi) is 14.8. The summed E-state index contributed by atoms with van der Waals surface area (Å²) in [7, 11) is -1.91. The van der Waals surface area contributed by atoms with Gasteiger partial charge in [0.15, 0.2) is 5.71 Å². The zero-order valence-corrected chi connectivity index (χ0v) is 39.5. The molecular weight excluding hydrogens is 887 g/mol. The van der Waals surface area contributed by atoms with E-state index in [0.717, 1.165) is 39.8 Å². The first kappa shape index (κ1) is 47.9. The van der Waals surface area contributed by atoms with Crippen LogP contribution in [0.25, 0.3) is 0 Å². The first-order valence-electron chi connectivity index (χ1n) is 20.7. The third kappa shape index (κ3) is 11.0. The van der Waals surface area contributed by atoms with E-state index in [9.17, 15) is 29.3 Å². The number of ether oxygens (including phenoxy) is 2. The molecule has 340 valence electrons. The molecule has 5 aromatic rings. The van der Waals surface area contributed by atoms with Gasteiger partial charge in [-0.25, -0.2) is 14.6 Å². The van der Waals surface area contributed by atoms with Crippen molar-refractivity contribution in [2.24, 2.45) is 5.16 Å². The van der Waals surface area contributed by atoms with Crippen LogP contribution < -0.4 is 21.7 Å². The highest BCUT2D eigenvalue weighted by Crippen LogP contribution is 2.47. The molecule has 6 rings (SSSR count). The van der Waals surface area contributed by atoms with Gasteiger partial charge >= 0.3 is 12.1 Å². The molecule has 0 spiro atoms. The highest BCUT2D eigenvalue weighted by atomic mass is 32.2. The number of nitrogens with zero attached hydrogens (tertiary/aromatic N) is 3. The summed E-state index contributed by atoms with van der Waals surface area (Å²) in [5.74, 6) is -2.07. The summed E-state index contributed by atoms with van der Waals surface area (Å²) in [6.07, 6.45) is -0.770. The zero-order chi connectivity index (χ0) is 47.1. The average Bonchev–Trinajstić information content (AvgIpc) is 3.66. The number of nitrogens with one attached hydrogen (secondary N) is 3. The number of anilines is 1. The van der Waals surface area contributed by atoms with Crippen molar-refractivity contribution >= 4 is 71.4 Å². The number of nitro benzene ring substituents is 1. The number of oxime groups is 1. The van der Waals surface area contributed by atoms with E-state index in [2.05, 4.69) is 40.7 Å². The summed E-state index contributed by atoms with van der Waals surface area (Å²) in [5, 5.41) is 22.7. The number of benzene rings is 4. The minimum absolute atomic E-state index is 0.0379. The number of carbonyl (C=O) groups is 4. The zero-order valence-electron chi connectivity index (χ0n) is 36.9. The molecule has 65 heavy (non-hydrogen) atoms. The summed E-state index contributed by atoms with van der Waals surface area (Å²) in [5.41, 5.74) is 6.43. The van der Waals surface area contributed by atoms with Gasteiger partial charge in [-0.1, -0.05) is 127 Å². The highest BCUT2D eigenvalue weighted by Gasteiger charge is 2.45. The monoisotopic (exact) mass is 937 g/mol. The summed E-state index contributed by atoms with van der Waals surface area (Å²) in [6, 6.07) is 33.9. The molecule has 5 N–H and O–H groups in total. The Hall–Kier alpha value is -6.57. The van der Waals surface area contributed by atoms with E-state index >= 15 is 0 Å². The van der Waals surface area contributed by atoms with Gasteiger partial charge in [-0.05, 0) is 62.1 Å². The number of rotatable bonds is 18. The van der Waals surface area contributed by atoms with Gasteiger partial charge in [0, 0.05) is 12.1 Å². The average molecular weight is 938 g/mol. The first-order chi connectivity index (χ1) is 30.8. The number of hydrogen-bond donors (Lipinski definition) is 4. The fraction of sp³-hybridized carbons (Fsp3) is 0.304. The SMILES string of the molecule is CC(NC(=O)OCc1ccc([N+](=O)[O-])cc1)S[C@H]1NC(=O)[C@H]1NC(=O)C(=NOC(C)(C)C(=O)OC(C)[Si](C)(C)C)c1nc(C(c2ccccc2)(c2ccccc2)c2ccccc2)sc1N. The molecule has 19 heteroatoms. The van der Waals surface area contributed by atoms with Crippen molar-refractivity contribution in [1.29, 1.82) is 0 Å². The minimum atomic E-state index is -1.91. The Morgan fingerprint density at radius 3 is 1.95 bits per heavy atom. The van der Waals surface area contributed by atoms with E-state index < -0.39 is 70.4 Å². The summed E-state index contributed by atoms with van der Waals surface area (Å²) in [4.78, 5) is 75.2. The van der Waals surface area contributed by atoms with Crippen molar-refractivity contribution < 1.29 is 38.4 Å². The van der Waals surface area contributed by atoms with Gasteiger partial charge in [-0.3, -0.25) is 19.7 Å². The lowest BCUT2D eigenvalue weighted by Gasteiger charge is -2.37. The number of nitro groups is 1. The molecule has 1 aliphatic rings. The van der Waals surface area contributed by atoms with Gasteiger partial charge in [-0.2, -0.15) is 0 Å². The van der Waals surface area contributed by atoms with Crippen LogP contribution in [0.1, 0.15) is 60.7 Å².